The van der Waals surface area contributed by atoms with Crippen LogP contribution in [0.2, 0.25) is 0 Å². The standard InChI is InChI=1S/C18H18O5/c19-17(20)15-9-3-4-10(16(15)18(21)22)14-8-2-1-7(13(9)14)11-5-23-6-12(8)11/h1-4,7-14H,5-6H2,(H,19,20)(H,21,22)/t7-,8+,9-,10+,11+,12-,13+,14-. The molecule has 2 N–H and O–H groups in total. The summed E-state index contributed by atoms with van der Waals surface area (Å²) in [6.45, 7) is 1.50. The molecular formula is C18H18O5. The molecule has 0 aromatic carbocycles. The van der Waals surface area contributed by atoms with Gasteiger partial charge in [-0.05, 0) is 35.5 Å². The topological polar surface area (TPSA) is 83.8 Å². The Bertz CT molecular complexity index is 646. The second kappa shape index (κ2) is 4.35. The minimum absolute atomic E-state index is 0.114. The molecule has 1 saturated heterocycles. The molecule has 23 heavy (non-hydrogen) atoms. The maximum Gasteiger partial charge on any atom is 0.332 e. The second-order valence-corrected chi connectivity index (χ2v) is 7.43. The highest BCUT2D eigenvalue weighted by Gasteiger charge is 2.61. The molecule has 0 unspecified atom stereocenters. The van der Waals surface area contributed by atoms with Gasteiger partial charge in [-0.15, -0.1) is 0 Å². The summed E-state index contributed by atoms with van der Waals surface area (Å²) < 4.78 is 5.71. The number of allylic oxidation sites excluding steroid dienone is 4. The summed E-state index contributed by atoms with van der Waals surface area (Å²) >= 11 is 0. The lowest BCUT2D eigenvalue weighted by atomic mass is 9.44. The van der Waals surface area contributed by atoms with Crippen LogP contribution in [-0.4, -0.2) is 35.4 Å². The first-order valence-electron chi connectivity index (χ1n) is 8.24. The van der Waals surface area contributed by atoms with Gasteiger partial charge in [-0.1, -0.05) is 24.3 Å². The zero-order chi connectivity index (χ0) is 15.9. The van der Waals surface area contributed by atoms with Crippen LogP contribution in [0.5, 0.6) is 0 Å². The molecule has 120 valence electrons. The number of carboxylic acid groups (broad SMARTS) is 2. The summed E-state index contributed by atoms with van der Waals surface area (Å²) in [4.78, 5) is 23.5. The molecule has 1 saturated carbocycles. The van der Waals surface area contributed by atoms with E-state index in [4.69, 9.17) is 4.74 Å². The third kappa shape index (κ3) is 1.51. The van der Waals surface area contributed by atoms with Crippen LogP contribution in [0.15, 0.2) is 35.5 Å². The lowest BCUT2D eigenvalue weighted by Gasteiger charge is -2.59. The van der Waals surface area contributed by atoms with Crippen molar-refractivity contribution in [2.45, 2.75) is 0 Å². The monoisotopic (exact) mass is 314 g/mol. The van der Waals surface area contributed by atoms with Gasteiger partial charge in [-0.25, -0.2) is 9.59 Å². The van der Waals surface area contributed by atoms with E-state index >= 15 is 0 Å². The van der Waals surface area contributed by atoms with Crippen molar-refractivity contribution in [3.05, 3.63) is 35.5 Å². The number of hydrogen-bond donors (Lipinski definition) is 2. The average Bonchev–Trinajstić information content (AvgIpc) is 3.05. The highest BCUT2D eigenvalue weighted by molar-refractivity contribution is 6.01. The average molecular weight is 314 g/mol. The van der Waals surface area contributed by atoms with Crippen LogP contribution in [0.25, 0.3) is 0 Å². The van der Waals surface area contributed by atoms with E-state index in [1.54, 1.807) is 0 Å². The molecule has 0 spiro atoms. The van der Waals surface area contributed by atoms with E-state index in [1.165, 1.54) is 0 Å². The largest absolute Gasteiger partial charge is 0.478 e. The Kier molecular flexibility index (Phi) is 2.56. The zero-order valence-corrected chi connectivity index (χ0v) is 12.5. The zero-order valence-electron chi connectivity index (χ0n) is 12.5. The van der Waals surface area contributed by atoms with E-state index in [9.17, 15) is 19.8 Å². The van der Waals surface area contributed by atoms with E-state index in [2.05, 4.69) is 12.2 Å². The smallest absolute Gasteiger partial charge is 0.332 e. The van der Waals surface area contributed by atoms with Crippen LogP contribution in [0, 0.1) is 47.3 Å². The molecule has 0 radical (unpaired) electrons. The summed E-state index contributed by atoms with van der Waals surface area (Å²) in [6.07, 6.45) is 8.38. The quantitative estimate of drug-likeness (QED) is 0.756. The molecule has 1 aliphatic heterocycles. The first-order chi connectivity index (χ1) is 11.1. The maximum atomic E-state index is 11.8. The first kappa shape index (κ1) is 13.5. The number of carbonyl (C=O) groups is 2. The molecule has 0 amide bonds. The minimum Gasteiger partial charge on any atom is -0.478 e. The van der Waals surface area contributed by atoms with Crippen molar-refractivity contribution in [3.63, 3.8) is 0 Å². The van der Waals surface area contributed by atoms with Crippen LogP contribution in [0.4, 0.5) is 0 Å². The Morgan fingerprint density at radius 1 is 0.826 bits per heavy atom. The minimum atomic E-state index is -1.08. The van der Waals surface area contributed by atoms with Crippen LogP contribution in [0.1, 0.15) is 0 Å². The fraction of sp³-hybridized carbons (Fsp3) is 0.556. The third-order valence-corrected chi connectivity index (χ3v) is 6.82. The van der Waals surface area contributed by atoms with E-state index in [1.807, 2.05) is 12.2 Å². The lowest BCUT2D eigenvalue weighted by molar-refractivity contribution is -0.139. The summed E-state index contributed by atoms with van der Waals surface area (Å²) in [5.41, 5.74) is 0.227. The molecule has 7 aliphatic rings. The number of hydrogen-bond acceptors (Lipinski definition) is 3. The fourth-order valence-corrected chi connectivity index (χ4v) is 6.17. The number of ether oxygens (including phenoxy) is 1. The number of carboxylic acids is 2. The van der Waals surface area contributed by atoms with Gasteiger partial charge in [0.2, 0.25) is 0 Å². The van der Waals surface area contributed by atoms with Crippen LogP contribution in [0.3, 0.4) is 0 Å². The van der Waals surface area contributed by atoms with Gasteiger partial charge in [0.1, 0.15) is 0 Å². The van der Waals surface area contributed by atoms with Gasteiger partial charge in [-0.3, -0.25) is 0 Å². The Morgan fingerprint density at radius 2 is 1.26 bits per heavy atom. The van der Waals surface area contributed by atoms with Crippen LogP contribution < -0.4 is 0 Å². The van der Waals surface area contributed by atoms with E-state index < -0.39 is 11.9 Å². The predicted molar refractivity (Wildman–Crippen MR) is 79.3 cm³/mol. The fourth-order valence-electron chi connectivity index (χ4n) is 6.17. The van der Waals surface area contributed by atoms with E-state index in [0.717, 1.165) is 13.2 Å². The van der Waals surface area contributed by atoms with Crippen LogP contribution >= 0.6 is 0 Å². The molecule has 8 atom stereocenters. The molecule has 0 aromatic rings. The third-order valence-electron chi connectivity index (χ3n) is 6.82. The van der Waals surface area contributed by atoms with Crippen molar-refractivity contribution < 1.29 is 24.5 Å². The Hall–Kier alpha value is -1.88. The number of rotatable bonds is 2. The Balaban J connectivity index is 1.68. The van der Waals surface area contributed by atoms with Gasteiger partial charge in [0.05, 0.1) is 24.4 Å². The SMILES string of the molecule is O=C(O)C1=C(C(=O)O)[C@@H]2C=C[C@H]1[C@H]1[C@H]3C=C[C@H]([C@@H]4COC[C@H]34)[C@H]12. The van der Waals surface area contributed by atoms with Crippen molar-refractivity contribution in [3.8, 4) is 0 Å². The van der Waals surface area contributed by atoms with Crippen LogP contribution in [-0.2, 0) is 14.3 Å². The van der Waals surface area contributed by atoms with Crippen molar-refractivity contribution in [2.24, 2.45) is 47.3 Å². The molecule has 6 aliphatic carbocycles. The van der Waals surface area contributed by atoms with Crippen molar-refractivity contribution in [1.29, 1.82) is 0 Å². The van der Waals surface area contributed by atoms with Crippen molar-refractivity contribution in [1.82, 2.24) is 0 Å². The van der Waals surface area contributed by atoms with E-state index in [-0.39, 0.29) is 34.8 Å². The first-order valence-corrected chi connectivity index (χ1v) is 8.24. The second-order valence-electron chi connectivity index (χ2n) is 7.43. The normalized spacial score (nSPS) is 48.5. The summed E-state index contributed by atoms with van der Waals surface area (Å²) in [5.74, 6) is -0.784. The van der Waals surface area contributed by atoms with Gasteiger partial charge in [0, 0.05) is 11.8 Å². The summed E-state index contributed by atoms with van der Waals surface area (Å²) in [7, 11) is 0. The van der Waals surface area contributed by atoms with Gasteiger partial charge in [0.15, 0.2) is 0 Å². The molecule has 4 bridgehead atoms. The molecule has 2 fully saturated rings. The summed E-state index contributed by atoms with van der Waals surface area (Å²) in [5, 5.41) is 19.3. The molecule has 7 rings (SSSR count). The lowest BCUT2D eigenvalue weighted by Crippen LogP contribution is -2.57. The molecular weight excluding hydrogens is 296 g/mol. The molecule has 5 heteroatoms. The predicted octanol–water partition coefficient (Wildman–Crippen LogP) is 1.58. The highest BCUT2D eigenvalue weighted by Crippen LogP contribution is 2.63. The Morgan fingerprint density at radius 3 is 1.65 bits per heavy atom. The highest BCUT2D eigenvalue weighted by atomic mass is 16.5. The molecule has 5 nitrogen and oxygen atoms in total. The Labute approximate surface area is 133 Å². The van der Waals surface area contributed by atoms with E-state index in [0.29, 0.717) is 23.7 Å². The summed E-state index contributed by atoms with van der Waals surface area (Å²) in [6, 6.07) is 0. The van der Waals surface area contributed by atoms with Gasteiger partial charge in [-0.2, -0.15) is 0 Å². The number of aliphatic carboxylic acids is 2. The van der Waals surface area contributed by atoms with Crippen molar-refractivity contribution in [2.75, 3.05) is 13.2 Å². The molecule has 0 aromatic heterocycles. The maximum absolute atomic E-state index is 11.8. The van der Waals surface area contributed by atoms with Gasteiger partial charge < -0.3 is 14.9 Å². The van der Waals surface area contributed by atoms with Gasteiger partial charge in [0.25, 0.3) is 0 Å². The van der Waals surface area contributed by atoms with Gasteiger partial charge >= 0.3 is 11.9 Å². The molecule has 1 heterocycles. The van der Waals surface area contributed by atoms with Crippen molar-refractivity contribution >= 4 is 11.9 Å².